The van der Waals surface area contributed by atoms with Gasteiger partial charge in [-0.2, -0.15) is 0 Å². The van der Waals surface area contributed by atoms with Crippen molar-refractivity contribution in [2.24, 2.45) is 11.5 Å². The second-order valence-electron chi connectivity index (χ2n) is 8.02. The first-order valence-electron chi connectivity index (χ1n) is 11.5. The molecule has 5 aromatic rings. The molecule has 0 aliphatic carbocycles. The Morgan fingerprint density at radius 3 is 2.30 bits per heavy atom. The molecule has 2 heterocycles. The highest BCUT2D eigenvalue weighted by Gasteiger charge is 2.09. The highest BCUT2D eigenvalue weighted by Crippen LogP contribution is 2.27. The van der Waals surface area contributed by atoms with E-state index < -0.39 is 5.97 Å². The Morgan fingerprint density at radius 1 is 0.946 bits per heavy atom. The number of aromatic carboxylic acids is 1. The largest absolute Gasteiger partial charge is 0.545 e. The van der Waals surface area contributed by atoms with Gasteiger partial charge < -0.3 is 36.4 Å². The average Bonchev–Trinajstić information content (AvgIpc) is 3.21. The number of phenolic OH excluding ortho intramolecular Hbond substituents is 1. The second-order valence-corrected chi connectivity index (χ2v) is 8.02. The first-order valence-corrected chi connectivity index (χ1v) is 11.5. The molecule has 190 valence electrons. The zero-order valence-corrected chi connectivity index (χ0v) is 20.2. The minimum atomic E-state index is -1.15. The fraction of sp³-hybridized carbons (Fsp3) is 0.107. The summed E-state index contributed by atoms with van der Waals surface area (Å²) < 4.78 is 2.27. The first-order chi connectivity index (χ1) is 17.9. The van der Waals surface area contributed by atoms with E-state index in [1.165, 1.54) is 16.3 Å². The molecule has 0 aliphatic heterocycles. The van der Waals surface area contributed by atoms with Crippen LogP contribution in [0.3, 0.4) is 0 Å². The summed E-state index contributed by atoms with van der Waals surface area (Å²) in [4.78, 5) is 15.2. The molecule has 0 saturated carbocycles. The number of carboxylic acids is 1. The molecular weight excluding hydrogens is 468 g/mol. The zero-order valence-electron chi connectivity index (χ0n) is 20.2. The molecule has 0 unspecified atom stereocenters. The number of hydrogen-bond donors (Lipinski definition) is 5. The van der Waals surface area contributed by atoms with Crippen molar-refractivity contribution in [3.05, 3.63) is 108 Å². The lowest BCUT2D eigenvalue weighted by atomic mass is 10.1. The van der Waals surface area contributed by atoms with E-state index in [0.29, 0.717) is 12.3 Å². The van der Waals surface area contributed by atoms with E-state index in [4.69, 9.17) is 10.5 Å². The summed E-state index contributed by atoms with van der Waals surface area (Å²) in [5.41, 5.74) is 12.4. The van der Waals surface area contributed by atoms with E-state index in [0.717, 1.165) is 24.2 Å². The van der Waals surface area contributed by atoms with Crippen LogP contribution in [0.25, 0.3) is 21.8 Å². The summed E-state index contributed by atoms with van der Waals surface area (Å²) in [6.45, 7) is 2.17. The molecule has 5 rings (SSSR count). The van der Waals surface area contributed by atoms with Gasteiger partial charge in [0.1, 0.15) is 5.75 Å². The van der Waals surface area contributed by atoms with Crippen LogP contribution in [0.15, 0.2) is 97.3 Å². The van der Waals surface area contributed by atoms with Gasteiger partial charge in [0, 0.05) is 42.1 Å². The van der Waals surface area contributed by atoms with E-state index in [1.54, 1.807) is 42.5 Å². The maximum Gasteiger partial charge on any atom is 0.183 e. The third-order valence-electron chi connectivity index (χ3n) is 5.34. The molecule has 7 N–H and O–H groups in total. The van der Waals surface area contributed by atoms with Gasteiger partial charge in [-0.25, -0.2) is 0 Å². The van der Waals surface area contributed by atoms with Gasteiger partial charge in [-0.05, 0) is 41.5 Å². The number of benzene rings is 3. The Labute approximate surface area is 214 Å². The predicted octanol–water partition coefficient (Wildman–Crippen LogP) is 2.57. The Hall–Kier alpha value is -4.89. The van der Waals surface area contributed by atoms with Crippen LogP contribution in [0, 0.1) is 5.41 Å². The molecular formula is C28H29N6O3-. The number of fused-ring (bicyclic) bond motifs is 3. The van der Waals surface area contributed by atoms with E-state index in [-0.39, 0.29) is 11.5 Å². The summed E-state index contributed by atoms with van der Waals surface area (Å²) in [6.07, 6.45) is 3.72. The number of nitrogens with zero attached hydrogens (tertiary/aromatic N) is 2. The molecule has 0 amide bonds. The predicted molar refractivity (Wildman–Crippen MR) is 144 cm³/mol. The molecule has 0 bridgehead atoms. The number of carboxylic acid groups (broad SMARTS) is 1. The maximum atomic E-state index is 10.9. The summed E-state index contributed by atoms with van der Waals surface area (Å²) >= 11 is 0. The van der Waals surface area contributed by atoms with Gasteiger partial charge in [-0.1, -0.05) is 54.6 Å². The van der Waals surface area contributed by atoms with Crippen LogP contribution in [-0.4, -0.2) is 33.1 Å². The number of rotatable bonds is 6. The van der Waals surface area contributed by atoms with Gasteiger partial charge in [0.25, 0.3) is 0 Å². The van der Waals surface area contributed by atoms with Gasteiger partial charge in [-0.15, -0.1) is 0 Å². The minimum Gasteiger partial charge on any atom is -0.545 e. The number of aromatic hydroxyl groups is 1. The Bertz CT molecular complexity index is 1410. The highest BCUT2D eigenvalue weighted by atomic mass is 16.4. The third-order valence-corrected chi connectivity index (χ3v) is 5.34. The molecule has 0 saturated heterocycles. The van der Waals surface area contributed by atoms with Crippen molar-refractivity contribution < 1.29 is 15.0 Å². The van der Waals surface area contributed by atoms with E-state index in [9.17, 15) is 9.90 Å². The van der Waals surface area contributed by atoms with Crippen molar-refractivity contribution in [2.45, 2.75) is 13.1 Å². The molecule has 0 spiro atoms. The summed E-state index contributed by atoms with van der Waals surface area (Å²) in [7, 11) is 0. The van der Waals surface area contributed by atoms with E-state index in [2.05, 4.69) is 44.5 Å². The van der Waals surface area contributed by atoms with Gasteiger partial charge in [-0.3, -0.25) is 10.4 Å². The molecule has 2 aromatic heterocycles. The lowest BCUT2D eigenvalue weighted by Gasteiger charge is -2.10. The number of aromatic nitrogens is 2. The number of nitrogens with two attached hydrogens (primary N) is 2. The van der Waals surface area contributed by atoms with Crippen LogP contribution in [0.4, 0.5) is 0 Å². The minimum absolute atomic E-state index is 0.206. The standard InChI is InChI=1S/C21H19N3O2.C6H6O.CH5N3/c25-21(26)16-5-3-4-15(12-16)13-23-10-11-24-19-7-2-1-6-17(19)18-8-9-22-14-20(18)24;7-6-4-2-1-3-5-6;2-1(3)4/h1-9,12,14,23H,10-11,13H2,(H,25,26);1-5,7H;(H5,2,3,4)/p-1. The molecule has 3 aromatic carbocycles. The topological polar surface area (TPSA) is 166 Å². The van der Waals surface area contributed by atoms with Gasteiger partial charge in [0.2, 0.25) is 0 Å². The SMILES string of the molecule is N=C(N)N.O=C([O-])c1cccc(CNCCn2c3ccccc3c3ccncc32)c1.Oc1ccccc1. The number of carbonyl (C=O) groups excluding carboxylic acids is 1. The van der Waals surface area contributed by atoms with Gasteiger partial charge >= 0.3 is 0 Å². The quantitative estimate of drug-likeness (QED) is 0.137. The number of pyridine rings is 1. The number of guanidine groups is 1. The molecule has 9 nitrogen and oxygen atoms in total. The van der Waals surface area contributed by atoms with Crippen molar-refractivity contribution >= 4 is 33.7 Å². The van der Waals surface area contributed by atoms with Crippen LogP contribution in [0.2, 0.25) is 0 Å². The number of hydrogen-bond acceptors (Lipinski definition) is 6. The summed E-state index contributed by atoms with van der Waals surface area (Å²) in [6, 6.07) is 25.9. The Balaban J connectivity index is 0.000000289. The third kappa shape index (κ3) is 7.81. The highest BCUT2D eigenvalue weighted by molar-refractivity contribution is 6.07. The fourth-order valence-corrected chi connectivity index (χ4v) is 3.80. The molecule has 0 radical (unpaired) electrons. The normalized spacial score (nSPS) is 10.2. The number of para-hydroxylation sites is 2. The van der Waals surface area contributed by atoms with E-state index >= 15 is 0 Å². The van der Waals surface area contributed by atoms with Crippen molar-refractivity contribution in [3.8, 4) is 5.75 Å². The molecule has 0 fully saturated rings. The van der Waals surface area contributed by atoms with Crippen molar-refractivity contribution in [2.75, 3.05) is 6.54 Å². The van der Waals surface area contributed by atoms with Crippen molar-refractivity contribution in [1.29, 1.82) is 5.41 Å². The smallest absolute Gasteiger partial charge is 0.183 e. The maximum absolute atomic E-state index is 10.9. The Morgan fingerprint density at radius 2 is 1.62 bits per heavy atom. The number of phenols is 1. The number of nitrogens with one attached hydrogen (secondary N) is 2. The van der Waals surface area contributed by atoms with E-state index in [1.807, 2.05) is 36.7 Å². The fourth-order valence-electron chi connectivity index (χ4n) is 3.80. The van der Waals surface area contributed by atoms with Crippen LogP contribution in [0.5, 0.6) is 5.75 Å². The lowest BCUT2D eigenvalue weighted by Crippen LogP contribution is -2.23. The van der Waals surface area contributed by atoms with Crippen LogP contribution >= 0.6 is 0 Å². The second kappa shape index (κ2) is 13.3. The lowest BCUT2D eigenvalue weighted by molar-refractivity contribution is -0.255. The molecule has 9 heteroatoms. The summed E-state index contributed by atoms with van der Waals surface area (Å²) in [5.74, 6) is -1.16. The Kier molecular flexibility index (Phi) is 9.58. The van der Waals surface area contributed by atoms with Gasteiger partial charge in [0.15, 0.2) is 5.96 Å². The van der Waals surface area contributed by atoms with Crippen molar-refractivity contribution in [3.63, 3.8) is 0 Å². The van der Waals surface area contributed by atoms with Gasteiger partial charge in [0.05, 0.1) is 17.7 Å². The summed E-state index contributed by atoms with van der Waals surface area (Å²) in [5, 5.41) is 31.4. The monoisotopic (exact) mass is 497 g/mol. The zero-order chi connectivity index (χ0) is 26.6. The molecule has 37 heavy (non-hydrogen) atoms. The van der Waals surface area contributed by atoms with Crippen molar-refractivity contribution in [1.82, 2.24) is 14.9 Å². The average molecular weight is 498 g/mol. The van der Waals surface area contributed by atoms with Crippen LogP contribution in [0.1, 0.15) is 15.9 Å². The first kappa shape index (κ1) is 26.7. The van der Waals surface area contributed by atoms with Crippen LogP contribution < -0.4 is 21.9 Å². The molecule has 0 aliphatic rings. The van der Waals surface area contributed by atoms with Crippen LogP contribution in [-0.2, 0) is 13.1 Å². The number of carbonyl (C=O) groups is 1. The molecule has 0 atom stereocenters.